The second-order valence-corrected chi connectivity index (χ2v) is 7.41. The smallest absolute Gasteiger partial charge is 0.306 e. The number of ether oxygens (including phenoxy) is 1. The first-order valence-corrected chi connectivity index (χ1v) is 10.4. The Morgan fingerprint density at radius 2 is 1.25 bits per heavy atom. The van der Waals surface area contributed by atoms with E-state index in [0.29, 0.717) is 6.42 Å². The molecule has 0 aliphatic heterocycles. The largest absolute Gasteiger partial charge is 0.463 e. The van der Waals surface area contributed by atoms with E-state index in [4.69, 9.17) is 4.74 Å². The van der Waals surface area contributed by atoms with Crippen molar-refractivity contribution in [1.29, 1.82) is 0 Å². The molecule has 0 amide bonds. The van der Waals surface area contributed by atoms with Crippen molar-refractivity contribution >= 4 is 5.97 Å². The first kappa shape index (κ1) is 23.4. The summed E-state index contributed by atoms with van der Waals surface area (Å²) in [7, 11) is 0. The molecule has 1 unspecified atom stereocenters. The third-order valence-corrected chi connectivity index (χ3v) is 4.43. The summed E-state index contributed by atoms with van der Waals surface area (Å²) in [6.07, 6.45) is 17.0. The highest BCUT2D eigenvalue weighted by Crippen LogP contribution is 2.14. The monoisotopic (exact) mass is 342 g/mol. The Bertz CT molecular complexity index is 276. The molecular formula is C21H42O3. The summed E-state index contributed by atoms with van der Waals surface area (Å²) >= 11 is 0. The summed E-state index contributed by atoms with van der Waals surface area (Å²) in [6.45, 7) is 6.00. The first-order chi connectivity index (χ1) is 11.6. The molecule has 1 N–H and O–H groups in total. The topological polar surface area (TPSA) is 46.5 Å². The minimum Gasteiger partial charge on any atom is -0.463 e. The number of carbonyl (C=O) groups excluding carboxylic acids is 1. The molecule has 24 heavy (non-hydrogen) atoms. The van der Waals surface area contributed by atoms with Gasteiger partial charge in [-0.1, -0.05) is 77.6 Å². The van der Waals surface area contributed by atoms with Gasteiger partial charge in [0.05, 0.1) is 12.2 Å². The Hall–Kier alpha value is -0.570. The summed E-state index contributed by atoms with van der Waals surface area (Å²) in [5, 5.41) is 9.97. The van der Waals surface area contributed by atoms with Crippen LogP contribution in [-0.4, -0.2) is 23.3 Å². The van der Waals surface area contributed by atoms with Crippen LogP contribution >= 0.6 is 0 Å². The van der Waals surface area contributed by atoms with Crippen LogP contribution in [0.4, 0.5) is 0 Å². The number of aliphatic hydroxyl groups excluding tert-OH is 1. The normalized spacial score (nSPS) is 12.5. The lowest BCUT2D eigenvalue weighted by atomic mass is 10.0. The third kappa shape index (κ3) is 17.8. The fourth-order valence-corrected chi connectivity index (χ4v) is 2.98. The fraction of sp³-hybridized carbons (Fsp3) is 0.952. The fourth-order valence-electron chi connectivity index (χ4n) is 2.98. The van der Waals surface area contributed by atoms with E-state index in [0.717, 1.165) is 32.1 Å². The van der Waals surface area contributed by atoms with Gasteiger partial charge in [-0.15, -0.1) is 0 Å². The summed E-state index contributed by atoms with van der Waals surface area (Å²) < 4.78 is 5.09. The van der Waals surface area contributed by atoms with E-state index < -0.39 is 0 Å². The van der Waals surface area contributed by atoms with Gasteiger partial charge in [0, 0.05) is 6.42 Å². The van der Waals surface area contributed by atoms with Gasteiger partial charge in [0.1, 0.15) is 0 Å². The number of aliphatic hydroxyl groups is 1. The summed E-state index contributed by atoms with van der Waals surface area (Å²) in [4.78, 5) is 11.4. The van der Waals surface area contributed by atoms with Crippen molar-refractivity contribution in [2.75, 3.05) is 0 Å². The van der Waals surface area contributed by atoms with E-state index >= 15 is 0 Å². The zero-order valence-corrected chi connectivity index (χ0v) is 16.5. The lowest BCUT2D eigenvalue weighted by Gasteiger charge is -2.11. The van der Waals surface area contributed by atoms with Gasteiger partial charge in [-0.2, -0.15) is 0 Å². The molecule has 3 nitrogen and oxygen atoms in total. The second kappa shape index (κ2) is 17.3. The molecule has 1 atom stereocenters. The average molecular weight is 343 g/mol. The van der Waals surface area contributed by atoms with Crippen LogP contribution in [0, 0.1) is 0 Å². The molecule has 0 spiro atoms. The van der Waals surface area contributed by atoms with E-state index in [1.54, 1.807) is 0 Å². The molecule has 0 heterocycles. The molecule has 0 rings (SSSR count). The van der Waals surface area contributed by atoms with Gasteiger partial charge in [-0.25, -0.2) is 0 Å². The standard InChI is InChI=1S/C21H42O3/c1-4-5-6-7-8-9-10-11-12-13-16-20(22)17-14-15-18-21(23)24-19(2)3/h19-20,22H,4-18H2,1-3H3. The molecule has 0 radical (unpaired) electrons. The Labute approximate surface area is 150 Å². The minimum absolute atomic E-state index is 0.0283. The highest BCUT2D eigenvalue weighted by Gasteiger charge is 2.07. The molecule has 0 bridgehead atoms. The zero-order chi connectivity index (χ0) is 18.0. The van der Waals surface area contributed by atoms with Crippen molar-refractivity contribution in [3.05, 3.63) is 0 Å². The van der Waals surface area contributed by atoms with Crippen LogP contribution < -0.4 is 0 Å². The van der Waals surface area contributed by atoms with Gasteiger partial charge in [0.2, 0.25) is 0 Å². The van der Waals surface area contributed by atoms with Crippen molar-refractivity contribution in [2.24, 2.45) is 0 Å². The number of hydrogen-bond donors (Lipinski definition) is 1. The van der Waals surface area contributed by atoms with E-state index in [-0.39, 0.29) is 18.2 Å². The molecule has 0 aliphatic rings. The van der Waals surface area contributed by atoms with Crippen LogP contribution in [0.5, 0.6) is 0 Å². The maximum absolute atomic E-state index is 11.4. The van der Waals surface area contributed by atoms with E-state index in [1.807, 2.05) is 13.8 Å². The maximum atomic E-state index is 11.4. The van der Waals surface area contributed by atoms with Gasteiger partial charge in [0.15, 0.2) is 0 Å². The first-order valence-electron chi connectivity index (χ1n) is 10.4. The van der Waals surface area contributed by atoms with Crippen LogP contribution in [0.3, 0.4) is 0 Å². The average Bonchev–Trinajstić information content (AvgIpc) is 2.52. The van der Waals surface area contributed by atoms with E-state index in [2.05, 4.69) is 6.92 Å². The molecule has 144 valence electrons. The van der Waals surface area contributed by atoms with Crippen molar-refractivity contribution < 1.29 is 14.6 Å². The second-order valence-electron chi connectivity index (χ2n) is 7.41. The quantitative estimate of drug-likeness (QED) is 0.254. The Morgan fingerprint density at radius 3 is 1.75 bits per heavy atom. The molecule has 0 aromatic carbocycles. The van der Waals surface area contributed by atoms with Gasteiger partial charge in [-0.05, 0) is 33.1 Å². The summed E-state index contributed by atoms with van der Waals surface area (Å²) in [5.74, 6) is -0.116. The molecule has 0 aliphatic carbocycles. The van der Waals surface area contributed by atoms with Crippen LogP contribution in [0.1, 0.15) is 117 Å². The number of esters is 1. The van der Waals surface area contributed by atoms with Crippen LogP contribution in [0.2, 0.25) is 0 Å². The Kier molecular flexibility index (Phi) is 16.8. The van der Waals surface area contributed by atoms with E-state index in [1.165, 1.54) is 57.8 Å². The Balaban J connectivity index is 3.26. The molecular weight excluding hydrogens is 300 g/mol. The predicted octanol–water partition coefficient (Wildman–Crippen LogP) is 6.17. The van der Waals surface area contributed by atoms with Gasteiger partial charge in [-0.3, -0.25) is 4.79 Å². The van der Waals surface area contributed by atoms with Crippen molar-refractivity contribution in [3.8, 4) is 0 Å². The van der Waals surface area contributed by atoms with Crippen LogP contribution in [0.25, 0.3) is 0 Å². The predicted molar refractivity (Wildman–Crippen MR) is 102 cm³/mol. The number of hydrogen-bond acceptors (Lipinski definition) is 3. The SMILES string of the molecule is CCCCCCCCCCCCC(O)CCCCC(=O)OC(C)C. The summed E-state index contributed by atoms with van der Waals surface area (Å²) in [6, 6.07) is 0. The molecule has 0 aromatic heterocycles. The Morgan fingerprint density at radius 1 is 0.792 bits per heavy atom. The minimum atomic E-state index is -0.194. The van der Waals surface area contributed by atoms with Crippen molar-refractivity contribution in [3.63, 3.8) is 0 Å². The van der Waals surface area contributed by atoms with E-state index in [9.17, 15) is 9.90 Å². The highest BCUT2D eigenvalue weighted by molar-refractivity contribution is 5.69. The van der Waals surface area contributed by atoms with Crippen LogP contribution in [-0.2, 0) is 9.53 Å². The summed E-state index contributed by atoms with van der Waals surface area (Å²) in [5.41, 5.74) is 0. The lowest BCUT2D eigenvalue weighted by Crippen LogP contribution is -2.11. The number of rotatable bonds is 17. The molecule has 3 heteroatoms. The maximum Gasteiger partial charge on any atom is 0.306 e. The molecule has 0 saturated carbocycles. The van der Waals surface area contributed by atoms with Crippen LogP contribution in [0.15, 0.2) is 0 Å². The lowest BCUT2D eigenvalue weighted by molar-refractivity contribution is -0.147. The van der Waals surface area contributed by atoms with Gasteiger partial charge in [0.25, 0.3) is 0 Å². The molecule has 0 fully saturated rings. The zero-order valence-electron chi connectivity index (χ0n) is 16.5. The van der Waals surface area contributed by atoms with Crippen molar-refractivity contribution in [1.82, 2.24) is 0 Å². The number of carbonyl (C=O) groups is 1. The van der Waals surface area contributed by atoms with Gasteiger partial charge >= 0.3 is 5.97 Å². The third-order valence-electron chi connectivity index (χ3n) is 4.43. The highest BCUT2D eigenvalue weighted by atomic mass is 16.5. The molecule has 0 saturated heterocycles. The van der Waals surface area contributed by atoms with Gasteiger partial charge < -0.3 is 9.84 Å². The van der Waals surface area contributed by atoms with Crippen molar-refractivity contribution in [2.45, 2.75) is 129 Å². The molecule has 0 aromatic rings. The number of unbranched alkanes of at least 4 members (excludes halogenated alkanes) is 10.